The first-order valence-corrected chi connectivity index (χ1v) is 8.63. The van der Waals surface area contributed by atoms with Gasteiger partial charge in [0.2, 0.25) is 0 Å². The first-order valence-electron chi connectivity index (χ1n) is 8.63. The number of amides is 2. The Balaban J connectivity index is 2.26. The maximum Gasteiger partial charge on any atom is 0.317 e. The van der Waals surface area contributed by atoms with Crippen molar-refractivity contribution in [3.05, 3.63) is 0 Å². The van der Waals surface area contributed by atoms with Crippen LogP contribution in [0.1, 0.15) is 53.9 Å². The average molecular weight is 327 g/mol. The lowest BCUT2D eigenvalue weighted by atomic mass is 9.84. The molecule has 0 heterocycles. The fraction of sp³-hybridized carbons (Fsp3) is 0.882. The summed E-state index contributed by atoms with van der Waals surface area (Å²) in [5, 5.41) is 14.8. The molecule has 0 aromatic carbocycles. The van der Waals surface area contributed by atoms with E-state index in [9.17, 15) is 9.59 Å². The summed E-state index contributed by atoms with van der Waals surface area (Å²) in [7, 11) is 0. The number of hydrogen-bond acceptors (Lipinski definition) is 3. The summed E-state index contributed by atoms with van der Waals surface area (Å²) in [6.07, 6.45) is 2.72. The summed E-state index contributed by atoms with van der Waals surface area (Å²) in [6.45, 7) is 12.1. The van der Waals surface area contributed by atoms with E-state index in [1.54, 1.807) is 0 Å². The van der Waals surface area contributed by atoms with E-state index in [4.69, 9.17) is 5.11 Å². The van der Waals surface area contributed by atoms with E-state index in [1.165, 1.54) is 0 Å². The van der Waals surface area contributed by atoms with E-state index in [0.29, 0.717) is 12.5 Å². The Bertz CT molecular complexity index is 404. The van der Waals surface area contributed by atoms with Gasteiger partial charge in [0.25, 0.3) is 0 Å². The number of aliphatic carboxylic acids is 1. The van der Waals surface area contributed by atoms with Gasteiger partial charge in [-0.25, -0.2) is 4.79 Å². The van der Waals surface area contributed by atoms with Gasteiger partial charge in [-0.3, -0.25) is 9.69 Å². The number of carbonyl (C=O) groups is 2. The molecule has 1 aliphatic rings. The van der Waals surface area contributed by atoms with Crippen LogP contribution in [0.3, 0.4) is 0 Å². The molecule has 2 amide bonds. The quantitative estimate of drug-likeness (QED) is 0.607. The molecule has 0 radical (unpaired) electrons. The van der Waals surface area contributed by atoms with Crippen LogP contribution in [-0.2, 0) is 4.79 Å². The zero-order valence-electron chi connectivity index (χ0n) is 15.2. The van der Waals surface area contributed by atoms with E-state index in [0.717, 1.165) is 25.8 Å². The van der Waals surface area contributed by atoms with Crippen LogP contribution in [0.15, 0.2) is 0 Å². The number of rotatable bonds is 9. The maximum atomic E-state index is 12.0. The van der Waals surface area contributed by atoms with Crippen LogP contribution in [-0.4, -0.2) is 53.7 Å². The summed E-state index contributed by atoms with van der Waals surface area (Å²) < 4.78 is 0. The molecule has 23 heavy (non-hydrogen) atoms. The van der Waals surface area contributed by atoms with Gasteiger partial charge in [0, 0.05) is 18.6 Å². The third kappa shape index (κ3) is 7.20. The van der Waals surface area contributed by atoms with E-state index < -0.39 is 5.97 Å². The fourth-order valence-corrected chi connectivity index (χ4v) is 3.41. The number of likely N-dealkylation sites (N-methyl/N-ethyl adjacent to an activating group) is 1. The minimum atomic E-state index is -0.798. The molecular formula is C17H33N3O3. The predicted octanol–water partition coefficient (Wildman–Crippen LogP) is 2.30. The van der Waals surface area contributed by atoms with Crippen molar-refractivity contribution in [3.63, 3.8) is 0 Å². The number of urea groups is 1. The molecule has 0 bridgehead atoms. The van der Waals surface area contributed by atoms with Crippen LogP contribution in [0.2, 0.25) is 0 Å². The highest BCUT2D eigenvalue weighted by Crippen LogP contribution is 2.26. The molecule has 0 aromatic rings. The van der Waals surface area contributed by atoms with Crippen molar-refractivity contribution < 1.29 is 14.7 Å². The molecule has 134 valence electrons. The molecule has 0 spiro atoms. The van der Waals surface area contributed by atoms with Crippen LogP contribution in [0.5, 0.6) is 0 Å². The van der Waals surface area contributed by atoms with Crippen molar-refractivity contribution in [2.45, 2.75) is 66.0 Å². The molecule has 1 saturated carbocycles. The van der Waals surface area contributed by atoms with Gasteiger partial charge in [0.05, 0.1) is 6.54 Å². The van der Waals surface area contributed by atoms with Crippen LogP contribution in [0.4, 0.5) is 4.79 Å². The summed E-state index contributed by atoms with van der Waals surface area (Å²) >= 11 is 0. The molecule has 1 aliphatic carbocycles. The van der Waals surface area contributed by atoms with Gasteiger partial charge in [-0.2, -0.15) is 0 Å². The minimum Gasteiger partial charge on any atom is -0.480 e. The lowest BCUT2D eigenvalue weighted by Gasteiger charge is -2.42. The smallest absolute Gasteiger partial charge is 0.317 e. The Hall–Kier alpha value is -1.30. The van der Waals surface area contributed by atoms with Crippen molar-refractivity contribution in [2.75, 3.05) is 19.6 Å². The normalized spacial score (nSPS) is 21.2. The van der Waals surface area contributed by atoms with Crippen molar-refractivity contribution in [2.24, 2.45) is 11.3 Å². The topological polar surface area (TPSA) is 81.7 Å². The minimum absolute atomic E-state index is 0.0729. The van der Waals surface area contributed by atoms with Crippen molar-refractivity contribution in [1.29, 1.82) is 0 Å². The van der Waals surface area contributed by atoms with Crippen molar-refractivity contribution in [3.8, 4) is 0 Å². The molecule has 0 saturated heterocycles. The number of hydrogen-bond donors (Lipinski definition) is 3. The first-order chi connectivity index (χ1) is 10.6. The second-order valence-electron chi connectivity index (χ2n) is 7.87. The van der Waals surface area contributed by atoms with Crippen LogP contribution in [0, 0.1) is 11.3 Å². The zero-order valence-corrected chi connectivity index (χ0v) is 15.2. The number of carboxylic acid groups (broad SMARTS) is 1. The Kier molecular flexibility index (Phi) is 7.32. The standard InChI is InChI=1S/C17H33N3O3/c1-6-20(10-15(21)22)14-7-13(8-14)19-16(23)18-11-17(4,5)9-12(2)3/h12-14H,6-11H2,1-5H3,(H,21,22)(H2,18,19,23). The summed E-state index contributed by atoms with van der Waals surface area (Å²) in [5.74, 6) is -0.190. The molecule has 3 N–H and O–H groups in total. The third-order valence-corrected chi connectivity index (χ3v) is 4.40. The highest BCUT2D eigenvalue weighted by Gasteiger charge is 2.34. The summed E-state index contributed by atoms with van der Waals surface area (Å²) in [6, 6.07) is 0.293. The van der Waals surface area contributed by atoms with E-state index >= 15 is 0 Å². The zero-order chi connectivity index (χ0) is 17.6. The Labute approximate surface area is 140 Å². The molecule has 0 unspecified atom stereocenters. The predicted molar refractivity (Wildman–Crippen MR) is 91.5 cm³/mol. The van der Waals surface area contributed by atoms with E-state index in [1.807, 2.05) is 11.8 Å². The fourth-order valence-electron chi connectivity index (χ4n) is 3.41. The molecule has 6 heteroatoms. The van der Waals surface area contributed by atoms with Gasteiger partial charge in [-0.1, -0.05) is 34.6 Å². The Morgan fingerprint density at radius 1 is 1.30 bits per heavy atom. The van der Waals surface area contributed by atoms with Gasteiger partial charge in [0.15, 0.2) is 0 Å². The highest BCUT2D eigenvalue weighted by atomic mass is 16.4. The molecule has 1 fully saturated rings. The first kappa shape index (κ1) is 19.7. The SMILES string of the molecule is CCN(CC(=O)O)C1CC(NC(=O)NCC(C)(C)CC(C)C)C1. The molecular weight excluding hydrogens is 294 g/mol. The average Bonchev–Trinajstić information content (AvgIpc) is 2.36. The molecule has 0 atom stereocenters. The lowest BCUT2D eigenvalue weighted by molar-refractivity contribution is -0.139. The highest BCUT2D eigenvalue weighted by molar-refractivity contribution is 5.74. The second kappa shape index (κ2) is 8.52. The number of carbonyl (C=O) groups excluding carboxylic acids is 1. The lowest BCUT2D eigenvalue weighted by Crippen LogP contribution is -2.56. The van der Waals surface area contributed by atoms with Crippen LogP contribution >= 0.6 is 0 Å². The van der Waals surface area contributed by atoms with E-state index in [2.05, 4.69) is 38.3 Å². The monoisotopic (exact) mass is 327 g/mol. The van der Waals surface area contributed by atoms with Crippen molar-refractivity contribution >= 4 is 12.0 Å². The van der Waals surface area contributed by atoms with Gasteiger partial charge in [-0.05, 0) is 37.1 Å². The van der Waals surface area contributed by atoms with Crippen LogP contribution < -0.4 is 10.6 Å². The van der Waals surface area contributed by atoms with E-state index in [-0.39, 0.29) is 30.1 Å². The molecule has 0 aliphatic heterocycles. The number of carboxylic acids is 1. The Morgan fingerprint density at radius 2 is 1.91 bits per heavy atom. The largest absolute Gasteiger partial charge is 0.480 e. The van der Waals surface area contributed by atoms with Gasteiger partial charge >= 0.3 is 12.0 Å². The Morgan fingerprint density at radius 3 is 2.39 bits per heavy atom. The molecule has 6 nitrogen and oxygen atoms in total. The number of nitrogens with one attached hydrogen (secondary N) is 2. The summed E-state index contributed by atoms with van der Waals surface area (Å²) in [5.41, 5.74) is 0.0914. The third-order valence-electron chi connectivity index (χ3n) is 4.40. The molecule has 0 aromatic heterocycles. The maximum absolute atomic E-state index is 12.0. The number of nitrogens with zero attached hydrogens (tertiary/aromatic N) is 1. The summed E-state index contributed by atoms with van der Waals surface area (Å²) in [4.78, 5) is 24.7. The van der Waals surface area contributed by atoms with Gasteiger partial charge < -0.3 is 15.7 Å². The van der Waals surface area contributed by atoms with Crippen molar-refractivity contribution in [1.82, 2.24) is 15.5 Å². The molecule has 1 rings (SSSR count). The van der Waals surface area contributed by atoms with Crippen LogP contribution in [0.25, 0.3) is 0 Å². The van der Waals surface area contributed by atoms with Gasteiger partial charge in [-0.15, -0.1) is 0 Å². The van der Waals surface area contributed by atoms with Gasteiger partial charge in [0.1, 0.15) is 0 Å². The second-order valence-corrected chi connectivity index (χ2v) is 7.87.